The molecule has 88 valence electrons. The predicted octanol–water partition coefficient (Wildman–Crippen LogP) is 1.48. The van der Waals surface area contributed by atoms with Crippen LogP contribution in [0, 0.1) is 0 Å². The van der Waals surface area contributed by atoms with Gasteiger partial charge in [-0.15, -0.1) is 0 Å². The molecule has 0 spiro atoms. The number of amides is 2. The number of carbonyl (C=O) groups is 1. The van der Waals surface area contributed by atoms with Crippen LogP contribution in [0.2, 0.25) is 0 Å². The van der Waals surface area contributed by atoms with Crippen molar-refractivity contribution in [3.63, 3.8) is 0 Å². The van der Waals surface area contributed by atoms with E-state index in [-0.39, 0.29) is 6.04 Å². The summed E-state index contributed by atoms with van der Waals surface area (Å²) in [4.78, 5) is 13.0. The number of hydrogen-bond donors (Lipinski definition) is 2. The topological polar surface area (TPSA) is 72.3 Å². The van der Waals surface area contributed by atoms with Crippen LogP contribution in [-0.2, 0) is 0 Å². The Kier molecular flexibility index (Phi) is 4.79. The average Bonchev–Trinajstić information content (AvgIpc) is 2.30. The second-order valence-corrected chi connectivity index (χ2v) is 3.76. The maximum absolute atomic E-state index is 11.3. The smallest absolute Gasteiger partial charge is 0.315 e. The first-order chi connectivity index (χ1) is 7.66. The second-order valence-electron chi connectivity index (χ2n) is 3.76. The van der Waals surface area contributed by atoms with E-state index < -0.39 is 6.03 Å². The molecule has 2 amide bonds. The lowest BCUT2D eigenvalue weighted by molar-refractivity contribution is 0.188. The van der Waals surface area contributed by atoms with Gasteiger partial charge in [0.2, 0.25) is 0 Å². The van der Waals surface area contributed by atoms with Gasteiger partial charge in [-0.3, -0.25) is 0 Å². The molecule has 0 bridgehead atoms. The van der Waals surface area contributed by atoms with Crippen molar-refractivity contribution in [2.45, 2.75) is 19.4 Å². The van der Waals surface area contributed by atoms with Crippen molar-refractivity contribution in [1.29, 1.82) is 0 Å². The molecule has 0 aliphatic rings. The lowest BCUT2D eigenvalue weighted by Crippen LogP contribution is -2.39. The largest absolute Gasteiger partial charge is 0.351 e. The van der Waals surface area contributed by atoms with Crippen LogP contribution in [0.4, 0.5) is 4.79 Å². The number of primary amides is 1. The van der Waals surface area contributed by atoms with Crippen LogP contribution in [-0.4, -0.2) is 24.0 Å². The van der Waals surface area contributed by atoms with Gasteiger partial charge in [-0.25, -0.2) is 4.79 Å². The molecule has 0 aliphatic carbocycles. The fourth-order valence-corrected chi connectivity index (χ4v) is 1.67. The van der Waals surface area contributed by atoms with Crippen LogP contribution in [0.5, 0.6) is 0 Å². The number of hydrogen-bond acceptors (Lipinski definition) is 2. The van der Waals surface area contributed by atoms with Gasteiger partial charge in [0.15, 0.2) is 0 Å². The first-order valence-electron chi connectivity index (χ1n) is 5.48. The molecule has 4 nitrogen and oxygen atoms in total. The Hall–Kier alpha value is -1.55. The van der Waals surface area contributed by atoms with Gasteiger partial charge in [0.25, 0.3) is 0 Å². The SMILES string of the molecule is CC(c1ccccc1)N(CCCN)C(N)=O. The summed E-state index contributed by atoms with van der Waals surface area (Å²) in [6, 6.07) is 9.42. The molecule has 0 heterocycles. The highest BCUT2D eigenvalue weighted by Crippen LogP contribution is 2.19. The first-order valence-corrected chi connectivity index (χ1v) is 5.48. The molecule has 4 heteroatoms. The van der Waals surface area contributed by atoms with E-state index >= 15 is 0 Å². The molecular weight excluding hydrogens is 202 g/mol. The van der Waals surface area contributed by atoms with Crippen molar-refractivity contribution in [2.75, 3.05) is 13.1 Å². The van der Waals surface area contributed by atoms with Gasteiger partial charge in [0, 0.05) is 6.54 Å². The molecular formula is C12H19N3O. The van der Waals surface area contributed by atoms with E-state index in [0.29, 0.717) is 13.1 Å². The van der Waals surface area contributed by atoms with Gasteiger partial charge in [-0.1, -0.05) is 30.3 Å². The fourth-order valence-electron chi connectivity index (χ4n) is 1.67. The third-order valence-corrected chi connectivity index (χ3v) is 2.64. The van der Waals surface area contributed by atoms with Crippen LogP contribution in [0.15, 0.2) is 30.3 Å². The Bertz CT molecular complexity index is 326. The van der Waals surface area contributed by atoms with Crippen molar-refractivity contribution in [3.05, 3.63) is 35.9 Å². The summed E-state index contributed by atoms with van der Waals surface area (Å²) in [5.74, 6) is 0. The zero-order chi connectivity index (χ0) is 12.0. The molecule has 1 aromatic carbocycles. The highest BCUT2D eigenvalue weighted by atomic mass is 16.2. The number of nitrogens with two attached hydrogens (primary N) is 2. The normalized spacial score (nSPS) is 12.1. The Morgan fingerprint density at radius 1 is 1.38 bits per heavy atom. The lowest BCUT2D eigenvalue weighted by Gasteiger charge is -2.27. The van der Waals surface area contributed by atoms with Crippen molar-refractivity contribution in [1.82, 2.24) is 4.90 Å². The standard InChI is InChI=1S/C12H19N3O/c1-10(11-6-3-2-4-7-11)15(12(14)16)9-5-8-13/h2-4,6-7,10H,5,8-9,13H2,1H3,(H2,14,16). The first kappa shape index (κ1) is 12.5. The molecule has 0 fully saturated rings. The minimum Gasteiger partial charge on any atom is -0.351 e. The van der Waals surface area contributed by atoms with Crippen molar-refractivity contribution in [3.8, 4) is 0 Å². The number of carbonyl (C=O) groups excluding carboxylic acids is 1. The number of urea groups is 1. The van der Waals surface area contributed by atoms with Crippen LogP contribution < -0.4 is 11.5 Å². The van der Waals surface area contributed by atoms with Gasteiger partial charge < -0.3 is 16.4 Å². The molecule has 1 aromatic rings. The fraction of sp³-hybridized carbons (Fsp3) is 0.417. The highest BCUT2D eigenvalue weighted by Gasteiger charge is 2.17. The van der Waals surface area contributed by atoms with E-state index in [1.54, 1.807) is 4.90 Å². The summed E-state index contributed by atoms with van der Waals surface area (Å²) < 4.78 is 0. The maximum Gasteiger partial charge on any atom is 0.315 e. The average molecular weight is 221 g/mol. The summed E-state index contributed by atoms with van der Waals surface area (Å²) in [5.41, 5.74) is 11.9. The van der Waals surface area contributed by atoms with Crippen molar-refractivity contribution >= 4 is 6.03 Å². The summed E-state index contributed by atoms with van der Waals surface area (Å²) in [7, 11) is 0. The molecule has 0 radical (unpaired) electrons. The highest BCUT2D eigenvalue weighted by molar-refractivity contribution is 5.72. The van der Waals surface area contributed by atoms with Crippen LogP contribution >= 0.6 is 0 Å². The zero-order valence-electron chi connectivity index (χ0n) is 9.60. The van der Waals surface area contributed by atoms with E-state index in [1.807, 2.05) is 37.3 Å². The Morgan fingerprint density at radius 2 is 2.00 bits per heavy atom. The monoisotopic (exact) mass is 221 g/mol. The summed E-state index contributed by atoms with van der Waals surface area (Å²) in [6.45, 7) is 3.13. The van der Waals surface area contributed by atoms with Crippen molar-refractivity contribution in [2.24, 2.45) is 11.5 Å². The van der Waals surface area contributed by atoms with E-state index in [1.165, 1.54) is 0 Å². The zero-order valence-corrected chi connectivity index (χ0v) is 9.60. The predicted molar refractivity (Wildman–Crippen MR) is 64.8 cm³/mol. The van der Waals surface area contributed by atoms with E-state index in [0.717, 1.165) is 12.0 Å². The molecule has 4 N–H and O–H groups in total. The quantitative estimate of drug-likeness (QED) is 0.790. The van der Waals surface area contributed by atoms with Crippen LogP contribution in [0.3, 0.4) is 0 Å². The maximum atomic E-state index is 11.3. The third kappa shape index (κ3) is 3.24. The van der Waals surface area contributed by atoms with E-state index in [4.69, 9.17) is 11.5 Å². The number of benzene rings is 1. The molecule has 0 aliphatic heterocycles. The Balaban J connectivity index is 2.75. The van der Waals surface area contributed by atoms with Gasteiger partial charge in [-0.2, -0.15) is 0 Å². The van der Waals surface area contributed by atoms with Gasteiger partial charge in [-0.05, 0) is 25.5 Å². The summed E-state index contributed by atoms with van der Waals surface area (Å²) in [5, 5.41) is 0. The Labute approximate surface area is 96.2 Å². The molecule has 0 saturated heterocycles. The molecule has 0 aromatic heterocycles. The van der Waals surface area contributed by atoms with E-state index in [2.05, 4.69) is 0 Å². The summed E-state index contributed by atoms with van der Waals surface area (Å²) in [6.07, 6.45) is 0.764. The van der Waals surface area contributed by atoms with Gasteiger partial charge in [0.05, 0.1) is 6.04 Å². The van der Waals surface area contributed by atoms with E-state index in [9.17, 15) is 4.79 Å². The van der Waals surface area contributed by atoms with Crippen LogP contribution in [0.25, 0.3) is 0 Å². The number of rotatable bonds is 5. The second kappa shape index (κ2) is 6.12. The van der Waals surface area contributed by atoms with Crippen molar-refractivity contribution < 1.29 is 4.79 Å². The molecule has 1 atom stereocenters. The van der Waals surface area contributed by atoms with Gasteiger partial charge >= 0.3 is 6.03 Å². The molecule has 1 unspecified atom stereocenters. The summed E-state index contributed by atoms with van der Waals surface area (Å²) >= 11 is 0. The van der Waals surface area contributed by atoms with Gasteiger partial charge in [0.1, 0.15) is 0 Å². The third-order valence-electron chi connectivity index (χ3n) is 2.64. The minimum atomic E-state index is -0.398. The lowest BCUT2D eigenvalue weighted by atomic mass is 10.1. The Morgan fingerprint density at radius 3 is 2.50 bits per heavy atom. The number of nitrogens with zero attached hydrogens (tertiary/aromatic N) is 1. The molecule has 16 heavy (non-hydrogen) atoms. The van der Waals surface area contributed by atoms with Crippen LogP contribution in [0.1, 0.15) is 24.9 Å². The minimum absolute atomic E-state index is 0.00903. The molecule has 1 rings (SSSR count). The molecule has 0 saturated carbocycles.